The highest BCUT2D eigenvalue weighted by molar-refractivity contribution is 6.31. The molecule has 2 aromatic rings. The molecular weight excluding hydrogens is 246 g/mol. The van der Waals surface area contributed by atoms with Crippen molar-refractivity contribution in [3.05, 3.63) is 53.1 Å². The second kappa shape index (κ2) is 6.57. The van der Waals surface area contributed by atoms with Gasteiger partial charge in [-0.05, 0) is 31.5 Å². The number of hydrogen-bond acceptors (Lipinski definition) is 2. The molecule has 0 radical (unpaired) electrons. The average Bonchev–Trinajstić information content (AvgIpc) is 2.77. The second-order valence-electron chi connectivity index (χ2n) is 4.37. The highest BCUT2D eigenvalue weighted by Gasteiger charge is 1.98. The molecule has 1 N–H and O–H groups in total. The summed E-state index contributed by atoms with van der Waals surface area (Å²) in [6, 6.07) is 7.94. The molecular formula is C14H18ClN3. The van der Waals surface area contributed by atoms with E-state index >= 15 is 0 Å². The van der Waals surface area contributed by atoms with Crippen molar-refractivity contribution >= 4 is 11.6 Å². The molecule has 0 saturated carbocycles. The molecule has 0 bridgehead atoms. The van der Waals surface area contributed by atoms with E-state index in [9.17, 15) is 0 Å². The first kappa shape index (κ1) is 13.1. The first-order chi connectivity index (χ1) is 8.75. The molecule has 3 nitrogen and oxygen atoms in total. The van der Waals surface area contributed by atoms with E-state index in [-0.39, 0.29) is 0 Å². The van der Waals surface area contributed by atoms with Crippen LogP contribution < -0.4 is 5.32 Å². The lowest BCUT2D eigenvalue weighted by atomic mass is 10.2. The zero-order chi connectivity index (χ0) is 12.8. The van der Waals surface area contributed by atoms with Crippen molar-refractivity contribution < 1.29 is 0 Å². The van der Waals surface area contributed by atoms with E-state index in [1.807, 2.05) is 31.5 Å². The van der Waals surface area contributed by atoms with E-state index in [2.05, 4.69) is 27.1 Å². The summed E-state index contributed by atoms with van der Waals surface area (Å²) in [6.07, 6.45) is 5.03. The van der Waals surface area contributed by atoms with Crippen molar-refractivity contribution in [3.8, 4) is 0 Å². The monoisotopic (exact) mass is 263 g/mol. The van der Waals surface area contributed by atoms with Gasteiger partial charge in [0.15, 0.2) is 0 Å². The zero-order valence-electron chi connectivity index (χ0n) is 10.6. The van der Waals surface area contributed by atoms with Crippen molar-refractivity contribution in [1.29, 1.82) is 0 Å². The van der Waals surface area contributed by atoms with E-state index in [1.54, 1.807) is 0 Å². The molecule has 0 unspecified atom stereocenters. The summed E-state index contributed by atoms with van der Waals surface area (Å²) in [7, 11) is 0. The fourth-order valence-electron chi connectivity index (χ4n) is 1.85. The van der Waals surface area contributed by atoms with Gasteiger partial charge in [-0.2, -0.15) is 0 Å². The number of aromatic nitrogens is 2. The van der Waals surface area contributed by atoms with Crippen LogP contribution in [0.5, 0.6) is 0 Å². The number of benzene rings is 1. The fourth-order valence-corrected chi connectivity index (χ4v) is 2.05. The van der Waals surface area contributed by atoms with Crippen LogP contribution in [-0.2, 0) is 13.1 Å². The van der Waals surface area contributed by atoms with Gasteiger partial charge < -0.3 is 9.88 Å². The number of nitrogens with one attached hydrogen (secondary N) is 1. The first-order valence-corrected chi connectivity index (χ1v) is 6.56. The molecule has 1 heterocycles. The van der Waals surface area contributed by atoms with Crippen LogP contribution >= 0.6 is 11.6 Å². The number of imidazole rings is 1. The van der Waals surface area contributed by atoms with Gasteiger partial charge in [-0.3, -0.25) is 0 Å². The SMILES string of the molecule is Cc1cn(CCCNCc2ccccc2Cl)cn1. The number of aryl methyl sites for hydroxylation is 2. The van der Waals surface area contributed by atoms with Crippen LogP contribution in [0, 0.1) is 6.92 Å². The lowest BCUT2D eigenvalue weighted by molar-refractivity contribution is 0.580. The van der Waals surface area contributed by atoms with Crippen LogP contribution in [0.1, 0.15) is 17.7 Å². The third-order valence-corrected chi connectivity index (χ3v) is 3.17. The van der Waals surface area contributed by atoms with Crippen LogP contribution in [0.25, 0.3) is 0 Å². The molecule has 0 aliphatic carbocycles. The number of rotatable bonds is 6. The Balaban J connectivity index is 1.66. The quantitative estimate of drug-likeness (QED) is 0.812. The summed E-state index contributed by atoms with van der Waals surface area (Å²) in [6.45, 7) is 4.80. The minimum Gasteiger partial charge on any atom is -0.337 e. The lowest BCUT2D eigenvalue weighted by Crippen LogP contribution is -2.16. The minimum absolute atomic E-state index is 0.822. The van der Waals surface area contributed by atoms with Crippen LogP contribution in [0.3, 0.4) is 0 Å². The van der Waals surface area contributed by atoms with Gasteiger partial charge in [-0.25, -0.2) is 4.98 Å². The number of halogens is 1. The Morgan fingerprint density at radius 1 is 1.33 bits per heavy atom. The largest absolute Gasteiger partial charge is 0.337 e. The molecule has 96 valence electrons. The molecule has 0 saturated heterocycles. The van der Waals surface area contributed by atoms with Crippen molar-refractivity contribution in [1.82, 2.24) is 14.9 Å². The molecule has 0 spiro atoms. The van der Waals surface area contributed by atoms with Crippen molar-refractivity contribution in [2.45, 2.75) is 26.4 Å². The molecule has 1 aromatic heterocycles. The van der Waals surface area contributed by atoms with Crippen LogP contribution in [0.15, 0.2) is 36.8 Å². The summed E-state index contributed by atoms with van der Waals surface area (Å²) in [5.41, 5.74) is 2.22. The van der Waals surface area contributed by atoms with Gasteiger partial charge in [0.25, 0.3) is 0 Å². The van der Waals surface area contributed by atoms with E-state index in [0.29, 0.717) is 0 Å². The predicted octanol–water partition coefficient (Wildman–Crippen LogP) is 3.02. The number of hydrogen-bond donors (Lipinski definition) is 1. The van der Waals surface area contributed by atoms with Crippen LogP contribution in [-0.4, -0.2) is 16.1 Å². The Labute approximate surface area is 113 Å². The molecule has 1 aromatic carbocycles. The van der Waals surface area contributed by atoms with Crippen molar-refractivity contribution in [2.75, 3.05) is 6.54 Å². The maximum atomic E-state index is 6.08. The fraction of sp³-hybridized carbons (Fsp3) is 0.357. The summed E-state index contributed by atoms with van der Waals surface area (Å²) < 4.78 is 2.12. The van der Waals surface area contributed by atoms with Crippen LogP contribution in [0.2, 0.25) is 5.02 Å². The summed E-state index contributed by atoms with van der Waals surface area (Å²) in [4.78, 5) is 4.20. The average molecular weight is 264 g/mol. The highest BCUT2D eigenvalue weighted by Crippen LogP contribution is 2.14. The Kier molecular flexibility index (Phi) is 4.79. The van der Waals surface area contributed by atoms with Gasteiger partial charge in [0.1, 0.15) is 0 Å². The Bertz CT molecular complexity index is 493. The Morgan fingerprint density at radius 3 is 2.89 bits per heavy atom. The highest BCUT2D eigenvalue weighted by atomic mass is 35.5. The molecule has 0 atom stereocenters. The van der Waals surface area contributed by atoms with Crippen LogP contribution in [0.4, 0.5) is 0 Å². The summed E-state index contributed by atoms with van der Waals surface area (Å²) in [5.74, 6) is 0. The second-order valence-corrected chi connectivity index (χ2v) is 4.78. The lowest BCUT2D eigenvalue weighted by Gasteiger charge is -2.06. The van der Waals surface area contributed by atoms with E-state index < -0.39 is 0 Å². The van der Waals surface area contributed by atoms with Gasteiger partial charge in [0, 0.05) is 24.3 Å². The maximum Gasteiger partial charge on any atom is 0.0949 e. The summed E-state index contributed by atoms with van der Waals surface area (Å²) >= 11 is 6.08. The Morgan fingerprint density at radius 2 is 2.17 bits per heavy atom. The molecule has 0 aliphatic heterocycles. The van der Waals surface area contributed by atoms with Gasteiger partial charge in [0.05, 0.1) is 12.0 Å². The molecule has 0 fully saturated rings. The third kappa shape index (κ3) is 3.86. The van der Waals surface area contributed by atoms with Gasteiger partial charge >= 0.3 is 0 Å². The molecule has 18 heavy (non-hydrogen) atoms. The smallest absolute Gasteiger partial charge is 0.0949 e. The van der Waals surface area contributed by atoms with Crippen molar-refractivity contribution in [2.24, 2.45) is 0 Å². The topological polar surface area (TPSA) is 29.9 Å². The van der Waals surface area contributed by atoms with E-state index in [0.717, 1.165) is 42.3 Å². The molecule has 2 rings (SSSR count). The minimum atomic E-state index is 0.822. The molecule has 0 aliphatic rings. The summed E-state index contributed by atoms with van der Waals surface area (Å²) in [5, 5.41) is 4.23. The maximum absolute atomic E-state index is 6.08. The van der Waals surface area contributed by atoms with Crippen molar-refractivity contribution in [3.63, 3.8) is 0 Å². The normalized spacial score (nSPS) is 10.8. The van der Waals surface area contributed by atoms with Gasteiger partial charge in [0.2, 0.25) is 0 Å². The molecule has 0 amide bonds. The zero-order valence-corrected chi connectivity index (χ0v) is 11.3. The standard InChI is InChI=1S/C14H18ClN3/c1-12-10-18(11-17-12)8-4-7-16-9-13-5-2-3-6-14(13)15/h2-3,5-6,10-11,16H,4,7-9H2,1H3. The van der Waals surface area contributed by atoms with Gasteiger partial charge in [-0.1, -0.05) is 29.8 Å². The number of nitrogens with zero attached hydrogens (tertiary/aromatic N) is 2. The van der Waals surface area contributed by atoms with E-state index in [1.165, 1.54) is 0 Å². The predicted molar refractivity (Wildman–Crippen MR) is 74.7 cm³/mol. The van der Waals surface area contributed by atoms with Gasteiger partial charge in [-0.15, -0.1) is 0 Å². The van der Waals surface area contributed by atoms with E-state index in [4.69, 9.17) is 11.6 Å². The first-order valence-electron chi connectivity index (χ1n) is 6.18. The third-order valence-electron chi connectivity index (χ3n) is 2.81. The molecule has 4 heteroatoms. The Hall–Kier alpha value is -1.32.